The quantitative estimate of drug-likeness (QED) is 0.513. The van der Waals surface area contributed by atoms with Crippen LogP contribution in [0.2, 0.25) is 5.02 Å². The Morgan fingerprint density at radius 3 is 2.65 bits per heavy atom. The first-order chi connectivity index (χ1) is 11.1. The zero-order valence-electron chi connectivity index (χ0n) is 12.2. The SMILES string of the molecule is COc1cccc(/C=N/NC(=O)C(=O)Nc2ccccc2Cl)c1. The van der Waals surface area contributed by atoms with Gasteiger partial charge in [-0.1, -0.05) is 35.9 Å². The van der Waals surface area contributed by atoms with Crippen LogP contribution >= 0.6 is 11.6 Å². The predicted molar refractivity (Wildman–Crippen MR) is 88.8 cm³/mol. The number of hydrazone groups is 1. The Balaban J connectivity index is 1.92. The molecule has 0 aromatic heterocycles. The van der Waals surface area contributed by atoms with Crippen molar-refractivity contribution in [3.8, 4) is 5.75 Å². The van der Waals surface area contributed by atoms with E-state index in [9.17, 15) is 9.59 Å². The summed E-state index contributed by atoms with van der Waals surface area (Å²) in [5.74, 6) is -1.10. The van der Waals surface area contributed by atoms with Gasteiger partial charge in [0.25, 0.3) is 0 Å². The van der Waals surface area contributed by atoms with Crippen LogP contribution in [-0.2, 0) is 9.59 Å². The minimum Gasteiger partial charge on any atom is -0.497 e. The maximum absolute atomic E-state index is 11.7. The monoisotopic (exact) mass is 331 g/mol. The number of hydrogen-bond donors (Lipinski definition) is 2. The van der Waals surface area contributed by atoms with Gasteiger partial charge in [0.05, 0.1) is 24.0 Å². The highest BCUT2D eigenvalue weighted by Gasteiger charge is 2.13. The van der Waals surface area contributed by atoms with Crippen molar-refractivity contribution in [1.82, 2.24) is 5.43 Å². The predicted octanol–water partition coefficient (Wildman–Crippen LogP) is 2.44. The number of carbonyl (C=O) groups excluding carboxylic acids is 2. The van der Waals surface area contributed by atoms with Crippen molar-refractivity contribution in [2.24, 2.45) is 5.10 Å². The summed E-state index contributed by atoms with van der Waals surface area (Å²) in [6, 6.07) is 13.7. The standard InChI is InChI=1S/C16H14ClN3O3/c1-23-12-6-4-5-11(9-12)10-18-20-16(22)15(21)19-14-8-3-2-7-13(14)17/h2-10H,1H3,(H,19,21)(H,20,22)/b18-10+. The Morgan fingerprint density at radius 1 is 1.13 bits per heavy atom. The summed E-state index contributed by atoms with van der Waals surface area (Å²) in [6.07, 6.45) is 1.41. The minimum atomic E-state index is -0.899. The second-order valence-corrected chi connectivity index (χ2v) is 4.82. The summed E-state index contributed by atoms with van der Waals surface area (Å²) in [4.78, 5) is 23.4. The summed E-state index contributed by atoms with van der Waals surface area (Å²) in [5.41, 5.74) is 3.21. The second-order valence-electron chi connectivity index (χ2n) is 4.41. The molecule has 6 nitrogen and oxygen atoms in total. The Hall–Kier alpha value is -2.86. The number of amides is 2. The molecule has 2 rings (SSSR count). The summed E-state index contributed by atoms with van der Waals surface area (Å²) in [6.45, 7) is 0. The van der Waals surface area contributed by atoms with Crippen LogP contribution in [0.3, 0.4) is 0 Å². The van der Waals surface area contributed by atoms with Crippen molar-refractivity contribution in [1.29, 1.82) is 0 Å². The fourth-order valence-electron chi connectivity index (χ4n) is 1.68. The van der Waals surface area contributed by atoms with Crippen molar-refractivity contribution >= 4 is 35.3 Å². The number of para-hydroxylation sites is 1. The third-order valence-electron chi connectivity index (χ3n) is 2.80. The summed E-state index contributed by atoms with van der Waals surface area (Å²) >= 11 is 5.90. The van der Waals surface area contributed by atoms with E-state index in [1.54, 1.807) is 55.6 Å². The third kappa shape index (κ3) is 4.82. The smallest absolute Gasteiger partial charge is 0.329 e. The maximum Gasteiger partial charge on any atom is 0.329 e. The third-order valence-corrected chi connectivity index (χ3v) is 3.13. The normalized spacial score (nSPS) is 10.3. The summed E-state index contributed by atoms with van der Waals surface area (Å²) in [7, 11) is 1.55. The lowest BCUT2D eigenvalue weighted by molar-refractivity contribution is -0.136. The lowest BCUT2D eigenvalue weighted by Gasteiger charge is -2.05. The lowest BCUT2D eigenvalue weighted by atomic mass is 10.2. The van der Waals surface area contributed by atoms with Crippen LogP contribution in [0.15, 0.2) is 53.6 Å². The first-order valence-corrected chi connectivity index (χ1v) is 7.01. The van der Waals surface area contributed by atoms with E-state index in [1.807, 2.05) is 0 Å². The van der Waals surface area contributed by atoms with Gasteiger partial charge in [-0.25, -0.2) is 5.43 Å². The molecule has 0 bridgehead atoms. The topological polar surface area (TPSA) is 79.8 Å². The molecule has 0 saturated carbocycles. The number of hydrogen-bond acceptors (Lipinski definition) is 4. The molecule has 2 aromatic rings. The van der Waals surface area contributed by atoms with Crippen LogP contribution in [-0.4, -0.2) is 25.1 Å². The van der Waals surface area contributed by atoms with Crippen LogP contribution in [0.4, 0.5) is 5.69 Å². The molecular weight excluding hydrogens is 318 g/mol. The largest absolute Gasteiger partial charge is 0.497 e. The molecule has 2 amide bonds. The number of anilines is 1. The summed E-state index contributed by atoms with van der Waals surface area (Å²) in [5, 5.41) is 6.47. The van der Waals surface area contributed by atoms with Crippen molar-refractivity contribution < 1.29 is 14.3 Å². The highest BCUT2D eigenvalue weighted by atomic mass is 35.5. The van der Waals surface area contributed by atoms with E-state index in [4.69, 9.17) is 16.3 Å². The van der Waals surface area contributed by atoms with Crippen molar-refractivity contribution in [2.45, 2.75) is 0 Å². The first kappa shape index (κ1) is 16.5. The maximum atomic E-state index is 11.7. The Bertz CT molecular complexity index is 747. The van der Waals surface area contributed by atoms with Crippen molar-refractivity contribution in [3.05, 3.63) is 59.1 Å². The number of nitrogens with one attached hydrogen (secondary N) is 2. The molecule has 0 fully saturated rings. The summed E-state index contributed by atoms with van der Waals surface area (Å²) < 4.78 is 5.07. The van der Waals surface area contributed by atoms with E-state index < -0.39 is 11.8 Å². The molecular formula is C16H14ClN3O3. The number of rotatable bonds is 4. The van der Waals surface area contributed by atoms with Crippen LogP contribution in [0.1, 0.15) is 5.56 Å². The Kier molecular flexibility index (Phi) is 5.71. The molecule has 7 heteroatoms. The average Bonchev–Trinajstić information content (AvgIpc) is 2.57. The molecule has 0 radical (unpaired) electrons. The molecule has 0 aliphatic carbocycles. The fraction of sp³-hybridized carbons (Fsp3) is 0.0625. The van der Waals surface area contributed by atoms with Gasteiger partial charge in [-0.15, -0.1) is 0 Å². The highest BCUT2D eigenvalue weighted by molar-refractivity contribution is 6.41. The molecule has 118 valence electrons. The molecule has 0 atom stereocenters. The second kappa shape index (κ2) is 7.95. The minimum absolute atomic E-state index is 0.341. The van der Waals surface area contributed by atoms with Gasteiger partial charge in [0.15, 0.2) is 0 Å². The molecule has 2 N–H and O–H groups in total. The molecule has 23 heavy (non-hydrogen) atoms. The molecule has 0 saturated heterocycles. The van der Waals surface area contributed by atoms with Gasteiger partial charge in [-0.3, -0.25) is 9.59 Å². The van der Waals surface area contributed by atoms with Gasteiger partial charge < -0.3 is 10.1 Å². The number of methoxy groups -OCH3 is 1. The van der Waals surface area contributed by atoms with Gasteiger partial charge in [-0.05, 0) is 29.8 Å². The molecule has 0 spiro atoms. The molecule has 0 aliphatic rings. The van der Waals surface area contributed by atoms with E-state index in [-0.39, 0.29) is 0 Å². The number of carbonyl (C=O) groups is 2. The molecule has 0 aliphatic heterocycles. The van der Waals surface area contributed by atoms with Crippen molar-refractivity contribution in [3.63, 3.8) is 0 Å². The number of nitrogens with zero attached hydrogens (tertiary/aromatic N) is 1. The zero-order valence-corrected chi connectivity index (χ0v) is 13.0. The van der Waals surface area contributed by atoms with Gasteiger partial charge in [-0.2, -0.15) is 5.10 Å². The van der Waals surface area contributed by atoms with Crippen LogP contribution < -0.4 is 15.5 Å². The van der Waals surface area contributed by atoms with E-state index >= 15 is 0 Å². The molecule has 0 heterocycles. The first-order valence-electron chi connectivity index (χ1n) is 6.63. The molecule has 2 aromatic carbocycles. The van der Waals surface area contributed by atoms with Gasteiger partial charge >= 0.3 is 11.8 Å². The Labute approximate surface area is 138 Å². The fourth-order valence-corrected chi connectivity index (χ4v) is 1.86. The lowest BCUT2D eigenvalue weighted by Crippen LogP contribution is -2.32. The van der Waals surface area contributed by atoms with Gasteiger partial charge in [0.1, 0.15) is 5.75 Å². The van der Waals surface area contributed by atoms with Crippen molar-refractivity contribution in [2.75, 3.05) is 12.4 Å². The molecule has 0 unspecified atom stereocenters. The van der Waals surface area contributed by atoms with E-state index in [0.29, 0.717) is 16.5 Å². The number of halogens is 1. The number of ether oxygens (including phenoxy) is 1. The van der Waals surface area contributed by atoms with Gasteiger partial charge in [0, 0.05) is 0 Å². The Morgan fingerprint density at radius 2 is 1.91 bits per heavy atom. The van der Waals surface area contributed by atoms with E-state index in [2.05, 4.69) is 15.8 Å². The zero-order chi connectivity index (χ0) is 16.7. The van der Waals surface area contributed by atoms with E-state index in [1.165, 1.54) is 6.21 Å². The van der Waals surface area contributed by atoms with Gasteiger partial charge in [0.2, 0.25) is 0 Å². The van der Waals surface area contributed by atoms with E-state index in [0.717, 1.165) is 5.56 Å². The highest BCUT2D eigenvalue weighted by Crippen LogP contribution is 2.20. The van der Waals surface area contributed by atoms with Crippen LogP contribution in [0.25, 0.3) is 0 Å². The van der Waals surface area contributed by atoms with Crippen LogP contribution in [0, 0.1) is 0 Å². The van der Waals surface area contributed by atoms with Crippen LogP contribution in [0.5, 0.6) is 5.75 Å². The number of benzene rings is 2. The average molecular weight is 332 g/mol.